The van der Waals surface area contributed by atoms with E-state index in [-0.39, 0.29) is 11.9 Å². The Bertz CT molecular complexity index is 1070. The molecule has 2 aromatic heterocycles. The first-order chi connectivity index (χ1) is 13.6. The fourth-order valence-corrected chi connectivity index (χ4v) is 3.20. The average molecular weight is 373 g/mol. The van der Waals surface area contributed by atoms with Crippen LogP contribution < -0.4 is 5.32 Å². The molecular weight excluding hydrogens is 353 g/mol. The molecule has 140 valence electrons. The van der Waals surface area contributed by atoms with Crippen LogP contribution in [0.5, 0.6) is 0 Å². The number of benzene rings is 2. The number of hydrogen-bond donors (Lipinski definition) is 1. The highest BCUT2D eigenvalue weighted by atomic mass is 19.1. The van der Waals surface area contributed by atoms with E-state index in [0.29, 0.717) is 11.6 Å². The van der Waals surface area contributed by atoms with Gasteiger partial charge in [-0.15, -0.1) is 0 Å². The van der Waals surface area contributed by atoms with Gasteiger partial charge < -0.3 is 5.32 Å². The van der Waals surface area contributed by atoms with E-state index in [4.69, 9.17) is 0 Å². The van der Waals surface area contributed by atoms with Crippen molar-refractivity contribution in [2.45, 2.75) is 19.9 Å². The second kappa shape index (κ2) is 7.60. The van der Waals surface area contributed by atoms with Gasteiger partial charge in [0.25, 0.3) is 0 Å². The summed E-state index contributed by atoms with van der Waals surface area (Å²) in [5, 5.41) is 7.90. The maximum Gasteiger partial charge on any atom is 0.174 e. The Hall–Kier alpha value is -3.54. The highest BCUT2D eigenvalue weighted by molar-refractivity contribution is 5.45. The van der Waals surface area contributed by atoms with Gasteiger partial charge in [-0.2, -0.15) is 5.10 Å². The van der Waals surface area contributed by atoms with Crippen molar-refractivity contribution in [2.24, 2.45) is 0 Å². The monoisotopic (exact) mass is 373 g/mol. The number of hydrogen-bond acceptors (Lipinski definition) is 4. The molecule has 0 aliphatic heterocycles. The fraction of sp³-hybridized carbons (Fsp3) is 0.136. The van der Waals surface area contributed by atoms with Crippen molar-refractivity contribution in [3.63, 3.8) is 0 Å². The Labute approximate surface area is 162 Å². The lowest BCUT2D eigenvalue weighted by Crippen LogP contribution is -2.14. The van der Waals surface area contributed by atoms with E-state index in [0.717, 1.165) is 22.5 Å². The van der Waals surface area contributed by atoms with Crippen molar-refractivity contribution < 1.29 is 4.39 Å². The molecule has 0 saturated heterocycles. The summed E-state index contributed by atoms with van der Waals surface area (Å²) in [4.78, 5) is 9.00. The van der Waals surface area contributed by atoms with E-state index in [1.807, 2.05) is 50.2 Å². The van der Waals surface area contributed by atoms with Gasteiger partial charge in [0.1, 0.15) is 11.6 Å². The topological polar surface area (TPSA) is 55.6 Å². The molecule has 4 rings (SSSR count). The molecule has 0 bridgehead atoms. The second-order valence-electron chi connectivity index (χ2n) is 6.64. The van der Waals surface area contributed by atoms with Crippen molar-refractivity contribution in [2.75, 3.05) is 5.32 Å². The van der Waals surface area contributed by atoms with Crippen molar-refractivity contribution in [3.05, 3.63) is 101 Å². The molecule has 0 saturated carbocycles. The molecule has 0 aliphatic rings. The molecule has 1 N–H and O–H groups in total. The van der Waals surface area contributed by atoms with Gasteiger partial charge in [-0.1, -0.05) is 42.5 Å². The predicted octanol–water partition coefficient (Wildman–Crippen LogP) is 4.62. The van der Waals surface area contributed by atoms with Gasteiger partial charge in [0.15, 0.2) is 5.82 Å². The summed E-state index contributed by atoms with van der Waals surface area (Å²) in [6.07, 6.45) is 3.36. The molecule has 0 radical (unpaired) electrons. The second-order valence-corrected chi connectivity index (χ2v) is 6.64. The minimum atomic E-state index is -0.262. The van der Waals surface area contributed by atoms with Crippen LogP contribution in [0.2, 0.25) is 0 Å². The zero-order valence-corrected chi connectivity index (χ0v) is 15.7. The van der Waals surface area contributed by atoms with Crippen molar-refractivity contribution in [1.82, 2.24) is 19.7 Å². The lowest BCUT2D eigenvalue weighted by molar-refractivity contribution is 0.626. The summed E-state index contributed by atoms with van der Waals surface area (Å²) in [7, 11) is 0. The highest BCUT2D eigenvalue weighted by Gasteiger charge is 2.16. The zero-order chi connectivity index (χ0) is 19.5. The molecule has 6 heteroatoms. The third-order valence-electron chi connectivity index (χ3n) is 4.48. The standard InChI is InChI=1S/C22H20FN5/c1-15-12-16(2)28(27-15)21-14-24-13-20(25-21)26-22(17-6-4-3-5-7-17)18-8-10-19(23)11-9-18/h3-14,22H,1-2H3,(H,25,26). The molecule has 0 fully saturated rings. The molecule has 1 unspecified atom stereocenters. The Morgan fingerprint density at radius 2 is 1.64 bits per heavy atom. The van der Waals surface area contributed by atoms with Crippen LogP contribution in [0.1, 0.15) is 28.6 Å². The quantitative estimate of drug-likeness (QED) is 0.555. The molecular formula is C22H20FN5. The summed E-state index contributed by atoms with van der Waals surface area (Å²) in [6, 6.07) is 18.3. The number of aryl methyl sites for hydroxylation is 2. The summed E-state index contributed by atoms with van der Waals surface area (Å²) >= 11 is 0. The fourth-order valence-electron chi connectivity index (χ4n) is 3.20. The molecule has 0 spiro atoms. The first kappa shape index (κ1) is 17.9. The number of rotatable bonds is 5. The Kier molecular flexibility index (Phi) is 4.85. The molecule has 4 aromatic rings. The third-order valence-corrected chi connectivity index (χ3v) is 4.48. The maximum absolute atomic E-state index is 13.4. The van der Waals surface area contributed by atoms with Gasteiger partial charge in [-0.25, -0.2) is 14.1 Å². The van der Waals surface area contributed by atoms with E-state index in [1.165, 1.54) is 12.1 Å². The van der Waals surface area contributed by atoms with Crippen LogP contribution in [0.15, 0.2) is 73.1 Å². The number of nitrogens with zero attached hydrogens (tertiary/aromatic N) is 4. The van der Waals surface area contributed by atoms with E-state index in [9.17, 15) is 4.39 Å². The van der Waals surface area contributed by atoms with Gasteiger partial charge in [-0.3, -0.25) is 4.98 Å². The first-order valence-electron chi connectivity index (χ1n) is 9.03. The van der Waals surface area contributed by atoms with Gasteiger partial charge >= 0.3 is 0 Å². The third kappa shape index (κ3) is 3.76. The van der Waals surface area contributed by atoms with Gasteiger partial charge in [0.05, 0.1) is 24.1 Å². The molecule has 5 nitrogen and oxygen atoms in total. The molecule has 2 heterocycles. The lowest BCUT2D eigenvalue weighted by atomic mass is 9.99. The highest BCUT2D eigenvalue weighted by Crippen LogP contribution is 2.26. The van der Waals surface area contributed by atoms with Crippen LogP contribution in [-0.4, -0.2) is 19.7 Å². The smallest absolute Gasteiger partial charge is 0.174 e. The molecule has 0 amide bonds. The summed E-state index contributed by atoms with van der Waals surface area (Å²) in [5.74, 6) is 0.992. The van der Waals surface area contributed by atoms with Crippen LogP contribution in [0.4, 0.5) is 10.2 Å². The average Bonchev–Trinajstić information content (AvgIpc) is 3.06. The van der Waals surface area contributed by atoms with Crippen LogP contribution in [0.3, 0.4) is 0 Å². The summed E-state index contributed by atoms with van der Waals surface area (Å²) in [5.41, 5.74) is 3.89. The largest absolute Gasteiger partial charge is 0.358 e. The summed E-state index contributed by atoms with van der Waals surface area (Å²) < 4.78 is 15.2. The molecule has 1 atom stereocenters. The number of halogens is 1. The van der Waals surface area contributed by atoms with Crippen molar-refractivity contribution in [3.8, 4) is 5.82 Å². The number of aromatic nitrogens is 4. The van der Waals surface area contributed by atoms with Crippen LogP contribution >= 0.6 is 0 Å². The van der Waals surface area contributed by atoms with E-state index in [2.05, 4.69) is 20.4 Å². The zero-order valence-electron chi connectivity index (χ0n) is 15.7. The Morgan fingerprint density at radius 3 is 2.32 bits per heavy atom. The maximum atomic E-state index is 13.4. The SMILES string of the molecule is Cc1cc(C)n(-c2cncc(NC(c3ccccc3)c3ccc(F)cc3)n2)n1. The minimum absolute atomic E-state index is 0.188. The molecule has 0 aliphatic carbocycles. The van der Waals surface area contributed by atoms with Crippen molar-refractivity contribution in [1.29, 1.82) is 0 Å². The minimum Gasteiger partial charge on any atom is -0.358 e. The van der Waals surface area contributed by atoms with Gasteiger partial charge in [0, 0.05) is 5.69 Å². The first-order valence-corrected chi connectivity index (χ1v) is 9.03. The summed E-state index contributed by atoms with van der Waals surface area (Å²) in [6.45, 7) is 3.92. The number of anilines is 1. The van der Waals surface area contributed by atoms with Crippen molar-refractivity contribution >= 4 is 5.82 Å². The normalized spacial score (nSPS) is 12.0. The van der Waals surface area contributed by atoms with Crippen LogP contribution in [0.25, 0.3) is 5.82 Å². The Morgan fingerprint density at radius 1 is 0.929 bits per heavy atom. The van der Waals surface area contributed by atoms with Crippen LogP contribution in [0, 0.1) is 19.7 Å². The van der Waals surface area contributed by atoms with Crippen LogP contribution in [-0.2, 0) is 0 Å². The molecule has 2 aromatic carbocycles. The van der Waals surface area contributed by atoms with E-state index >= 15 is 0 Å². The van der Waals surface area contributed by atoms with E-state index < -0.39 is 0 Å². The van der Waals surface area contributed by atoms with Gasteiger partial charge in [-0.05, 0) is 43.2 Å². The Balaban J connectivity index is 1.70. The lowest BCUT2D eigenvalue weighted by Gasteiger charge is -2.20. The predicted molar refractivity (Wildman–Crippen MR) is 107 cm³/mol. The molecule has 28 heavy (non-hydrogen) atoms. The number of nitrogens with one attached hydrogen (secondary N) is 1. The van der Waals surface area contributed by atoms with Gasteiger partial charge in [0.2, 0.25) is 0 Å². The van der Waals surface area contributed by atoms with E-state index in [1.54, 1.807) is 29.2 Å².